The van der Waals surface area contributed by atoms with Crippen LogP contribution in [0.2, 0.25) is 0 Å². The molecule has 0 aliphatic heterocycles. The second kappa shape index (κ2) is 12.0. The number of rotatable bonds is 8. The summed E-state index contributed by atoms with van der Waals surface area (Å²) in [6.07, 6.45) is -4.94. The highest BCUT2D eigenvalue weighted by Gasteiger charge is 2.54. The number of halogens is 9. The number of aliphatic hydroxyl groups is 1. The van der Waals surface area contributed by atoms with Crippen LogP contribution < -0.4 is 0 Å². The first-order chi connectivity index (χ1) is 19.9. The summed E-state index contributed by atoms with van der Waals surface area (Å²) in [5, 5.41) is 9.85. The summed E-state index contributed by atoms with van der Waals surface area (Å²) in [4.78, 5) is 17.6. The van der Waals surface area contributed by atoms with Crippen molar-refractivity contribution in [1.82, 2.24) is 9.55 Å². The number of benzene rings is 1. The van der Waals surface area contributed by atoms with E-state index in [-0.39, 0.29) is 17.7 Å². The summed E-state index contributed by atoms with van der Waals surface area (Å²) in [6.45, 7) is 2.01. The molecule has 1 aliphatic rings. The Labute approximate surface area is 250 Å². The maximum atomic E-state index is 14.8. The minimum Gasteiger partial charge on any atom is -0.378 e. The van der Waals surface area contributed by atoms with Crippen LogP contribution in [0.3, 0.4) is 0 Å². The van der Waals surface area contributed by atoms with E-state index in [9.17, 15) is 45.0 Å². The molecule has 43 heavy (non-hydrogen) atoms. The third-order valence-corrected chi connectivity index (χ3v) is 7.44. The number of hydrogen-bond donors (Lipinski definition) is 1. The van der Waals surface area contributed by atoms with E-state index in [1.807, 2.05) is 0 Å². The highest BCUT2D eigenvalue weighted by Crippen LogP contribution is 2.53. The van der Waals surface area contributed by atoms with Gasteiger partial charge in [0.2, 0.25) is 0 Å². The van der Waals surface area contributed by atoms with Crippen LogP contribution in [0.1, 0.15) is 79.1 Å². The lowest BCUT2D eigenvalue weighted by Crippen LogP contribution is -2.33. The fourth-order valence-electron chi connectivity index (χ4n) is 5.05. The monoisotopic (exact) mass is 676 g/mol. The number of hydrogen-bond acceptors (Lipinski definition) is 3. The van der Waals surface area contributed by atoms with Gasteiger partial charge in [0.25, 0.3) is 18.3 Å². The number of ketones is 1. The van der Waals surface area contributed by atoms with E-state index in [0.717, 1.165) is 12.1 Å². The normalized spacial score (nSPS) is 16.4. The molecule has 0 unspecified atom stereocenters. The molecule has 1 aliphatic carbocycles. The average molecular weight is 677 g/mol. The van der Waals surface area contributed by atoms with Crippen molar-refractivity contribution in [3.8, 4) is 11.8 Å². The van der Waals surface area contributed by atoms with Crippen LogP contribution >= 0.6 is 15.9 Å². The molecule has 0 saturated heterocycles. The zero-order chi connectivity index (χ0) is 31.9. The third kappa shape index (κ3) is 7.65. The van der Waals surface area contributed by atoms with Gasteiger partial charge in [-0.05, 0) is 60.0 Å². The van der Waals surface area contributed by atoms with Gasteiger partial charge in [-0.1, -0.05) is 11.8 Å². The van der Waals surface area contributed by atoms with Gasteiger partial charge >= 0.3 is 0 Å². The standard InChI is InChI=1S/C30H25BrF8N2O2/c1-28(2,43)4-3-16-10-23(31)25(40-13-16)18(7-17-8-19(32)12-20(33)9-17)11-21(42)14-41-15-22(27(34)35)24-26(41)30(38,39)6-5-29(24,36)37/h8-10,12-13,15,18,27,43H,5-7,11,14H2,1-2H3/t18-/m1/s1. The molecule has 0 bridgehead atoms. The maximum Gasteiger partial charge on any atom is 0.288 e. The summed E-state index contributed by atoms with van der Waals surface area (Å²) in [6, 6.07) is 4.26. The fourth-order valence-corrected chi connectivity index (χ4v) is 5.73. The highest BCUT2D eigenvalue weighted by molar-refractivity contribution is 9.10. The van der Waals surface area contributed by atoms with Crippen LogP contribution in [0.15, 0.2) is 41.1 Å². The van der Waals surface area contributed by atoms with E-state index in [0.29, 0.717) is 26.9 Å². The molecule has 0 fully saturated rings. The number of carbonyl (C=O) groups excluding carboxylic acids is 1. The van der Waals surface area contributed by atoms with E-state index in [1.165, 1.54) is 26.1 Å². The zero-order valence-corrected chi connectivity index (χ0v) is 24.4. The minimum atomic E-state index is -3.94. The van der Waals surface area contributed by atoms with Crippen molar-refractivity contribution in [2.45, 2.75) is 75.9 Å². The molecule has 0 amide bonds. The first kappa shape index (κ1) is 32.7. The predicted octanol–water partition coefficient (Wildman–Crippen LogP) is 7.95. The Bertz CT molecular complexity index is 1580. The zero-order valence-electron chi connectivity index (χ0n) is 22.8. The molecular weight excluding hydrogens is 652 g/mol. The lowest BCUT2D eigenvalue weighted by atomic mass is 9.88. The molecule has 1 N–H and O–H groups in total. The molecule has 0 saturated carbocycles. The van der Waals surface area contributed by atoms with Gasteiger partial charge in [-0.3, -0.25) is 9.78 Å². The van der Waals surface area contributed by atoms with E-state index >= 15 is 0 Å². The second-order valence-electron chi connectivity index (χ2n) is 11.0. The maximum absolute atomic E-state index is 14.8. The van der Waals surface area contributed by atoms with E-state index in [1.54, 1.807) is 0 Å². The summed E-state index contributed by atoms with van der Waals surface area (Å²) in [5.41, 5.74) is -4.63. The molecule has 0 radical (unpaired) electrons. The highest BCUT2D eigenvalue weighted by atomic mass is 79.9. The number of fused-ring (bicyclic) bond motifs is 1. The quantitative estimate of drug-likeness (QED) is 0.195. The largest absolute Gasteiger partial charge is 0.378 e. The van der Waals surface area contributed by atoms with Crippen LogP contribution in [-0.4, -0.2) is 26.0 Å². The van der Waals surface area contributed by atoms with E-state index in [2.05, 4.69) is 32.8 Å². The van der Waals surface area contributed by atoms with Gasteiger partial charge in [0.15, 0.2) is 5.78 Å². The predicted molar refractivity (Wildman–Crippen MR) is 144 cm³/mol. The summed E-state index contributed by atoms with van der Waals surface area (Å²) >= 11 is 3.34. The van der Waals surface area contributed by atoms with Gasteiger partial charge in [-0.2, -0.15) is 8.78 Å². The molecule has 13 heteroatoms. The molecular formula is C30H25BrF8N2O2. The molecule has 3 aromatic rings. The molecule has 2 heterocycles. The Hall–Kier alpha value is -3.24. The Morgan fingerprint density at radius 2 is 1.72 bits per heavy atom. The van der Waals surface area contributed by atoms with Crippen molar-refractivity contribution in [1.29, 1.82) is 0 Å². The van der Waals surface area contributed by atoms with Crippen molar-refractivity contribution < 1.29 is 45.0 Å². The number of pyridine rings is 1. The first-order valence-electron chi connectivity index (χ1n) is 13.0. The van der Waals surface area contributed by atoms with E-state index < -0.39 is 89.8 Å². The van der Waals surface area contributed by atoms with Crippen LogP contribution in [0, 0.1) is 23.5 Å². The Kier molecular flexibility index (Phi) is 9.14. The molecule has 1 atom stereocenters. The van der Waals surface area contributed by atoms with Crippen molar-refractivity contribution in [3.63, 3.8) is 0 Å². The van der Waals surface area contributed by atoms with Crippen LogP contribution in [0.5, 0.6) is 0 Å². The Morgan fingerprint density at radius 3 is 2.30 bits per heavy atom. The minimum absolute atomic E-state index is 0.138. The molecule has 230 valence electrons. The van der Waals surface area contributed by atoms with Gasteiger partial charge < -0.3 is 9.67 Å². The Morgan fingerprint density at radius 1 is 1.09 bits per heavy atom. The number of aromatic nitrogens is 2. The number of carbonyl (C=O) groups is 1. The topological polar surface area (TPSA) is 55.1 Å². The first-order valence-corrected chi connectivity index (χ1v) is 13.8. The fraction of sp³-hybridized carbons (Fsp3) is 0.400. The average Bonchev–Trinajstić information content (AvgIpc) is 3.26. The van der Waals surface area contributed by atoms with Crippen molar-refractivity contribution in [3.05, 3.63) is 86.4 Å². The van der Waals surface area contributed by atoms with Gasteiger partial charge in [0, 0.05) is 59.2 Å². The lowest BCUT2D eigenvalue weighted by molar-refractivity contribution is -0.121. The Balaban J connectivity index is 1.70. The molecule has 1 aromatic carbocycles. The SMILES string of the molecule is CC(C)(O)C#Cc1cnc([C@@H](CC(=O)Cn2cc(C(F)F)c3c2C(F)(F)CCC3(F)F)Cc2cc(F)cc(F)c2)c(Br)c1. The van der Waals surface area contributed by atoms with Crippen molar-refractivity contribution in [2.24, 2.45) is 0 Å². The number of Topliss-reactive ketones (excluding diaryl/α,β-unsaturated/α-hetero) is 1. The lowest BCUT2D eigenvalue weighted by Gasteiger charge is -2.30. The smallest absolute Gasteiger partial charge is 0.288 e. The van der Waals surface area contributed by atoms with Crippen LogP contribution in [0.4, 0.5) is 35.1 Å². The van der Waals surface area contributed by atoms with Crippen LogP contribution in [-0.2, 0) is 29.6 Å². The summed E-state index contributed by atoms with van der Waals surface area (Å²) in [7, 11) is 0. The van der Waals surface area contributed by atoms with Gasteiger partial charge in [0.1, 0.15) is 17.2 Å². The third-order valence-electron chi connectivity index (χ3n) is 6.80. The molecule has 2 aromatic heterocycles. The molecule has 4 nitrogen and oxygen atoms in total. The number of alkyl halides is 6. The summed E-state index contributed by atoms with van der Waals surface area (Å²) in [5.74, 6) is -5.96. The van der Waals surface area contributed by atoms with Gasteiger partial charge in [0.05, 0.1) is 23.5 Å². The second-order valence-corrected chi connectivity index (χ2v) is 11.8. The van der Waals surface area contributed by atoms with E-state index in [4.69, 9.17) is 0 Å². The molecule has 4 rings (SSSR count). The van der Waals surface area contributed by atoms with Gasteiger partial charge in [-0.25, -0.2) is 26.3 Å². The summed E-state index contributed by atoms with van der Waals surface area (Å²) < 4.78 is 115. The van der Waals surface area contributed by atoms with Crippen LogP contribution in [0.25, 0.3) is 0 Å². The van der Waals surface area contributed by atoms with Crippen molar-refractivity contribution >= 4 is 21.7 Å². The molecule has 0 spiro atoms. The number of nitrogens with zero attached hydrogens (tertiary/aromatic N) is 2. The van der Waals surface area contributed by atoms with Crippen molar-refractivity contribution in [2.75, 3.05) is 0 Å². The van der Waals surface area contributed by atoms with Gasteiger partial charge in [-0.15, -0.1) is 0 Å².